The van der Waals surface area contributed by atoms with Gasteiger partial charge in [-0.2, -0.15) is 0 Å². The molecule has 0 fully saturated rings. The van der Waals surface area contributed by atoms with Crippen LogP contribution in [-0.4, -0.2) is 0 Å². The predicted molar refractivity (Wildman–Crippen MR) is 52.6 cm³/mol. The molecule has 0 aliphatic carbocycles. The summed E-state index contributed by atoms with van der Waals surface area (Å²) in [4.78, 5) is 0. The van der Waals surface area contributed by atoms with E-state index in [-0.39, 0.29) is 0 Å². The molecule has 0 rings (SSSR count). The molecule has 0 heteroatoms. The number of allylic oxidation sites excluding steroid dienone is 4. The fraction of sp³-hybridized carbons (Fsp3) is 0.636. The molecular formula is C11H20. The van der Waals surface area contributed by atoms with E-state index in [1.54, 1.807) is 0 Å². The zero-order valence-corrected chi connectivity index (χ0v) is 8.17. The number of rotatable bonds is 4. The Balaban J connectivity index is 3.41. The summed E-state index contributed by atoms with van der Waals surface area (Å²) in [6.45, 7) is 8.79. The van der Waals surface area contributed by atoms with Gasteiger partial charge in [-0.25, -0.2) is 0 Å². The molecule has 0 radical (unpaired) electrons. The summed E-state index contributed by atoms with van der Waals surface area (Å²) in [6.07, 6.45) is 10.0. The van der Waals surface area contributed by atoms with E-state index in [1.807, 2.05) is 0 Å². The molecule has 0 aliphatic rings. The lowest BCUT2D eigenvalue weighted by Crippen LogP contribution is -1.77. The van der Waals surface area contributed by atoms with Gasteiger partial charge in [0.25, 0.3) is 0 Å². The van der Waals surface area contributed by atoms with E-state index in [9.17, 15) is 0 Å². The minimum atomic E-state index is 0.683. The Bertz CT molecular complexity index is 111. The first kappa shape index (κ1) is 10.5. The van der Waals surface area contributed by atoms with Gasteiger partial charge in [-0.15, -0.1) is 0 Å². The van der Waals surface area contributed by atoms with Crippen molar-refractivity contribution >= 4 is 0 Å². The maximum absolute atomic E-state index is 2.24. The zero-order valence-electron chi connectivity index (χ0n) is 8.17. The lowest BCUT2D eigenvalue weighted by atomic mass is 10.1. The van der Waals surface area contributed by atoms with Crippen molar-refractivity contribution in [3.8, 4) is 0 Å². The van der Waals surface area contributed by atoms with Gasteiger partial charge in [0.15, 0.2) is 0 Å². The van der Waals surface area contributed by atoms with Crippen molar-refractivity contribution in [2.24, 2.45) is 11.8 Å². The Morgan fingerprint density at radius 3 is 1.45 bits per heavy atom. The van der Waals surface area contributed by atoms with Gasteiger partial charge in [-0.1, -0.05) is 52.0 Å². The molecule has 64 valence electrons. The normalized spacial score (nSPS) is 12.9. The van der Waals surface area contributed by atoms with Gasteiger partial charge in [-0.05, 0) is 18.3 Å². The van der Waals surface area contributed by atoms with Crippen LogP contribution in [0.5, 0.6) is 0 Å². The third-order valence-corrected chi connectivity index (χ3v) is 1.31. The monoisotopic (exact) mass is 152 g/mol. The third-order valence-electron chi connectivity index (χ3n) is 1.31. The molecular weight excluding hydrogens is 132 g/mol. The van der Waals surface area contributed by atoms with Gasteiger partial charge in [0.1, 0.15) is 0 Å². The molecule has 0 atom stereocenters. The average Bonchev–Trinajstić information content (AvgIpc) is 1.85. The van der Waals surface area contributed by atoms with Gasteiger partial charge < -0.3 is 0 Å². The molecule has 0 aromatic heterocycles. The molecule has 0 N–H and O–H groups in total. The highest BCUT2D eigenvalue weighted by atomic mass is 13.9. The Labute approximate surface area is 71.0 Å². The van der Waals surface area contributed by atoms with Crippen LogP contribution in [0.4, 0.5) is 0 Å². The molecule has 0 aliphatic heterocycles. The standard InChI is InChI=1S/C11H20/c1-10(2)8-6-5-7-9-11(3)4/h6-11H,5H2,1-4H3/b8-6-,9-7-. The fourth-order valence-corrected chi connectivity index (χ4v) is 0.780. The summed E-state index contributed by atoms with van der Waals surface area (Å²) in [5.74, 6) is 1.37. The largest absolute Gasteiger partial charge is 0.0857 e. The molecule has 0 unspecified atom stereocenters. The Kier molecular flexibility index (Phi) is 5.91. The molecule has 0 nitrogen and oxygen atoms in total. The molecule has 11 heavy (non-hydrogen) atoms. The highest BCUT2D eigenvalue weighted by Crippen LogP contribution is 1.98. The van der Waals surface area contributed by atoms with E-state index in [0.717, 1.165) is 6.42 Å². The van der Waals surface area contributed by atoms with E-state index in [2.05, 4.69) is 52.0 Å². The summed E-state index contributed by atoms with van der Waals surface area (Å²) in [5.41, 5.74) is 0. The maximum Gasteiger partial charge on any atom is -0.0169 e. The SMILES string of the molecule is CC(C)/C=C\C/C=C\C(C)C. The molecule has 0 amide bonds. The summed E-state index contributed by atoms with van der Waals surface area (Å²) in [5, 5.41) is 0. The van der Waals surface area contributed by atoms with Crippen molar-refractivity contribution in [2.75, 3.05) is 0 Å². The molecule has 0 heterocycles. The molecule has 0 aromatic rings. The van der Waals surface area contributed by atoms with Gasteiger partial charge in [0, 0.05) is 0 Å². The first-order chi connectivity index (χ1) is 5.13. The van der Waals surface area contributed by atoms with Crippen LogP contribution in [0.1, 0.15) is 34.1 Å². The topological polar surface area (TPSA) is 0 Å². The first-order valence-electron chi connectivity index (χ1n) is 4.46. The minimum Gasteiger partial charge on any atom is -0.0857 e. The van der Waals surface area contributed by atoms with Gasteiger partial charge in [0.2, 0.25) is 0 Å². The highest BCUT2D eigenvalue weighted by Gasteiger charge is 1.82. The van der Waals surface area contributed by atoms with Crippen molar-refractivity contribution in [3.63, 3.8) is 0 Å². The summed E-state index contributed by atoms with van der Waals surface area (Å²) >= 11 is 0. The summed E-state index contributed by atoms with van der Waals surface area (Å²) in [7, 11) is 0. The highest BCUT2D eigenvalue weighted by molar-refractivity contribution is 4.94. The van der Waals surface area contributed by atoms with Crippen molar-refractivity contribution in [2.45, 2.75) is 34.1 Å². The lowest BCUT2D eigenvalue weighted by molar-refractivity contribution is 0.822. The van der Waals surface area contributed by atoms with E-state index >= 15 is 0 Å². The number of hydrogen-bond donors (Lipinski definition) is 0. The zero-order chi connectivity index (χ0) is 8.69. The summed E-state index contributed by atoms with van der Waals surface area (Å²) in [6, 6.07) is 0. The second-order valence-corrected chi connectivity index (χ2v) is 3.58. The molecule has 0 saturated heterocycles. The smallest absolute Gasteiger partial charge is 0.0169 e. The van der Waals surface area contributed by atoms with Crippen LogP contribution in [0.3, 0.4) is 0 Å². The lowest BCUT2D eigenvalue weighted by Gasteiger charge is -1.92. The first-order valence-corrected chi connectivity index (χ1v) is 4.46. The van der Waals surface area contributed by atoms with Crippen LogP contribution >= 0.6 is 0 Å². The number of hydrogen-bond acceptors (Lipinski definition) is 0. The molecule has 0 aromatic carbocycles. The van der Waals surface area contributed by atoms with Crippen molar-refractivity contribution in [1.29, 1.82) is 0 Å². The van der Waals surface area contributed by atoms with Crippen molar-refractivity contribution < 1.29 is 0 Å². The minimum absolute atomic E-state index is 0.683. The van der Waals surface area contributed by atoms with Crippen LogP contribution < -0.4 is 0 Å². The third kappa shape index (κ3) is 9.48. The van der Waals surface area contributed by atoms with Crippen LogP contribution in [0.2, 0.25) is 0 Å². The van der Waals surface area contributed by atoms with E-state index in [1.165, 1.54) is 0 Å². The maximum atomic E-state index is 2.24. The van der Waals surface area contributed by atoms with Crippen molar-refractivity contribution in [1.82, 2.24) is 0 Å². The van der Waals surface area contributed by atoms with E-state index < -0.39 is 0 Å². The second kappa shape index (κ2) is 6.21. The predicted octanol–water partition coefficient (Wildman–Crippen LogP) is 3.80. The van der Waals surface area contributed by atoms with Gasteiger partial charge in [-0.3, -0.25) is 0 Å². The Morgan fingerprint density at radius 1 is 0.818 bits per heavy atom. The molecule has 0 spiro atoms. The van der Waals surface area contributed by atoms with Crippen LogP contribution in [0, 0.1) is 11.8 Å². The van der Waals surface area contributed by atoms with Crippen LogP contribution in [0.25, 0.3) is 0 Å². The average molecular weight is 152 g/mol. The Morgan fingerprint density at radius 2 is 1.18 bits per heavy atom. The van der Waals surface area contributed by atoms with E-state index in [4.69, 9.17) is 0 Å². The van der Waals surface area contributed by atoms with Crippen LogP contribution in [0.15, 0.2) is 24.3 Å². The molecule has 0 saturated carbocycles. The fourth-order valence-electron chi connectivity index (χ4n) is 0.780. The summed E-state index contributed by atoms with van der Waals surface area (Å²) < 4.78 is 0. The Hall–Kier alpha value is -0.520. The quantitative estimate of drug-likeness (QED) is 0.537. The van der Waals surface area contributed by atoms with Gasteiger partial charge >= 0.3 is 0 Å². The molecule has 0 bridgehead atoms. The van der Waals surface area contributed by atoms with Crippen molar-refractivity contribution in [3.05, 3.63) is 24.3 Å². The van der Waals surface area contributed by atoms with E-state index in [0.29, 0.717) is 11.8 Å². The van der Waals surface area contributed by atoms with Gasteiger partial charge in [0.05, 0.1) is 0 Å². The second-order valence-electron chi connectivity index (χ2n) is 3.58. The van der Waals surface area contributed by atoms with Crippen LogP contribution in [-0.2, 0) is 0 Å².